The lowest BCUT2D eigenvalue weighted by Crippen LogP contribution is -2.17. The summed E-state index contributed by atoms with van der Waals surface area (Å²) >= 11 is 1.71. The molecule has 104 valence electrons. The molecule has 0 aliphatic rings. The minimum atomic E-state index is 0.0256. The first kappa shape index (κ1) is 14.1. The molecule has 2 aromatic rings. The smallest absolute Gasteiger partial charge is 0.193 e. The predicted molar refractivity (Wildman–Crippen MR) is 83.5 cm³/mol. The zero-order valence-corrected chi connectivity index (χ0v) is 12.8. The van der Waals surface area contributed by atoms with Crippen molar-refractivity contribution in [2.45, 2.75) is 41.9 Å². The Kier molecular flexibility index (Phi) is 5.47. The number of unbranched alkanes of at least 4 members (excludes halogenated alkanes) is 2. The van der Waals surface area contributed by atoms with Crippen LogP contribution in [0.5, 0.6) is 0 Å². The van der Waals surface area contributed by atoms with Crippen LogP contribution >= 0.6 is 22.4 Å². The van der Waals surface area contributed by atoms with Gasteiger partial charge in [0.05, 0.1) is 10.7 Å². The summed E-state index contributed by atoms with van der Waals surface area (Å²) in [5.41, 5.74) is 0. The van der Waals surface area contributed by atoms with Crippen molar-refractivity contribution in [3.63, 3.8) is 0 Å². The highest BCUT2D eigenvalue weighted by Crippen LogP contribution is 2.28. The second-order valence-corrected chi connectivity index (χ2v) is 7.11. The quantitative estimate of drug-likeness (QED) is 0.427. The number of benzene rings is 1. The number of nitrogens with one attached hydrogen (secondary N) is 2. The Bertz CT molecular complexity index is 519. The summed E-state index contributed by atoms with van der Waals surface area (Å²) < 4.78 is 3.23. The first-order chi connectivity index (χ1) is 9.28. The van der Waals surface area contributed by atoms with Gasteiger partial charge in [-0.15, -0.1) is 0 Å². The van der Waals surface area contributed by atoms with E-state index >= 15 is 0 Å². The molecule has 2 rings (SSSR count). The highest BCUT2D eigenvalue weighted by Gasteiger charge is 2.08. The van der Waals surface area contributed by atoms with Crippen LogP contribution in [0.2, 0.25) is 0 Å². The van der Waals surface area contributed by atoms with Crippen molar-refractivity contribution < 1.29 is 0 Å². The maximum Gasteiger partial charge on any atom is 0.193 e. The third-order valence-corrected chi connectivity index (χ3v) is 5.40. The predicted octanol–water partition coefficient (Wildman–Crippen LogP) is 4.07. The summed E-state index contributed by atoms with van der Waals surface area (Å²) in [5, 5.41) is 6.45. The zero-order valence-electron chi connectivity index (χ0n) is 11.1. The second-order valence-electron chi connectivity index (χ2n) is 4.31. The lowest BCUT2D eigenvalue weighted by molar-refractivity contribution is 0.656. The molecule has 0 spiro atoms. The minimum absolute atomic E-state index is 0.0256. The molecule has 0 amide bonds. The van der Waals surface area contributed by atoms with Crippen molar-refractivity contribution in [3.05, 3.63) is 35.7 Å². The highest BCUT2D eigenvalue weighted by molar-refractivity contribution is 7.99. The van der Waals surface area contributed by atoms with E-state index in [4.69, 9.17) is 5.84 Å². The van der Waals surface area contributed by atoms with Crippen LogP contribution in [-0.2, 0) is 5.75 Å². The van der Waals surface area contributed by atoms with Gasteiger partial charge in [-0.1, -0.05) is 52.7 Å². The van der Waals surface area contributed by atoms with Gasteiger partial charge in [-0.25, -0.2) is 0 Å². The number of nitrogens with zero attached hydrogens (tertiary/aromatic N) is 1. The van der Waals surface area contributed by atoms with Gasteiger partial charge < -0.3 is 5.84 Å². The molecule has 0 saturated carbocycles. The fraction of sp³-hybridized carbons (Fsp3) is 0.385. The third-order valence-electron chi connectivity index (χ3n) is 2.63. The van der Waals surface area contributed by atoms with Gasteiger partial charge in [0, 0.05) is 4.90 Å². The topological polar surface area (TPSA) is 62.5 Å². The number of H-pyrrole nitrogens is 2. The maximum atomic E-state index is 5.84. The average molecular weight is 297 g/mol. The van der Waals surface area contributed by atoms with Crippen LogP contribution in [0.1, 0.15) is 26.2 Å². The fourth-order valence-electron chi connectivity index (χ4n) is 1.72. The molecule has 0 radical (unpaired) electrons. The van der Waals surface area contributed by atoms with Crippen LogP contribution in [0.15, 0.2) is 45.6 Å². The number of aryl methyl sites for hydroxylation is 1. The van der Waals surface area contributed by atoms with Gasteiger partial charge in [0.15, 0.2) is 5.38 Å². The van der Waals surface area contributed by atoms with Gasteiger partial charge in [-0.2, -0.15) is 0 Å². The Hall–Kier alpha value is -1.27. The van der Waals surface area contributed by atoms with E-state index in [0.717, 1.165) is 10.8 Å². The van der Waals surface area contributed by atoms with E-state index in [2.05, 4.69) is 34.0 Å². The molecule has 0 aliphatic heterocycles. The monoisotopic (exact) mass is 297 g/mol. The van der Waals surface area contributed by atoms with Crippen molar-refractivity contribution >= 4 is 22.4 Å². The molecule has 0 saturated heterocycles. The van der Waals surface area contributed by atoms with E-state index in [0.29, 0.717) is 0 Å². The van der Waals surface area contributed by atoms with Gasteiger partial charge >= 0.3 is 0 Å². The Morgan fingerprint density at radius 3 is 2.79 bits per heavy atom. The van der Waals surface area contributed by atoms with Crippen molar-refractivity contribution in [2.75, 3.05) is 5.84 Å². The summed E-state index contributed by atoms with van der Waals surface area (Å²) in [6.45, 7) is 2.22. The standard InChI is InChI=1S/C13H21N4S2/c1-2-3-7-10-19-11-13(15-17(14)16-19)18-12-8-5-4-6-9-12/h4-6,8-9,11,15-16H,2-3,7,10,14H2,1H3/q+1. The first-order valence-electron chi connectivity index (χ1n) is 6.50. The summed E-state index contributed by atoms with van der Waals surface area (Å²) in [5.74, 6) is 6.98. The molecule has 0 fully saturated rings. The van der Waals surface area contributed by atoms with E-state index in [1.165, 1.54) is 29.1 Å². The molecule has 1 heterocycles. The minimum Gasteiger partial charge on any atom is -0.306 e. The van der Waals surface area contributed by atoms with Crippen LogP contribution in [0.25, 0.3) is 0 Å². The van der Waals surface area contributed by atoms with Crippen molar-refractivity contribution in [1.82, 2.24) is 14.5 Å². The molecular formula is C13H21N4S2+. The van der Waals surface area contributed by atoms with Crippen LogP contribution in [-0.4, -0.2) is 14.5 Å². The molecule has 0 bridgehead atoms. The molecule has 1 unspecified atom stereocenters. The first-order valence-corrected chi connectivity index (χ1v) is 8.77. The molecule has 4 N–H and O–H groups in total. The molecule has 6 heteroatoms. The molecule has 19 heavy (non-hydrogen) atoms. The SMILES string of the molecule is CCCCC[s+]1cc(Sc2ccccc2)[nH]n(N)[nH]1. The molecular weight excluding hydrogens is 276 g/mol. The molecule has 4 nitrogen and oxygen atoms in total. The summed E-state index contributed by atoms with van der Waals surface area (Å²) in [6, 6.07) is 10.3. The van der Waals surface area contributed by atoms with E-state index < -0.39 is 0 Å². The molecule has 1 aromatic heterocycles. The third kappa shape index (κ3) is 4.72. The largest absolute Gasteiger partial charge is 0.306 e. The number of nitrogen functional groups attached to an aromatic ring is 1. The van der Waals surface area contributed by atoms with Crippen molar-refractivity contribution in [2.24, 2.45) is 0 Å². The number of rotatable bonds is 6. The van der Waals surface area contributed by atoms with Gasteiger partial charge in [0.25, 0.3) is 0 Å². The summed E-state index contributed by atoms with van der Waals surface area (Å²) in [6.07, 6.45) is 3.76. The normalized spacial score (nSPS) is 11.5. The van der Waals surface area contributed by atoms with Crippen LogP contribution in [0, 0.1) is 0 Å². The lowest BCUT2D eigenvalue weighted by Gasteiger charge is -2.04. The second kappa shape index (κ2) is 7.35. The summed E-state index contributed by atoms with van der Waals surface area (Å²) in [7, 11) is 0.0256. The van der Waals surface area contributed by atoms with E-state index in [1.807, 2.05) is 18.2 Å². The molecule has 0 aliphatic carbocycles. The van der Waals surface area contributed by atoms with E-state index in [1.54, 1.807) is 11.8 Å². The Balaban J connectivity index is 2.08. The Morgan fingerprint density at radius 2 is 2.05 bits per heavy atom. The maximum absolute atomic E-state index is 5.84. The number of aromatic amines is 2. The van der Waals surface area contributed by atoms with Gasteiger partial charge in [-0.05, 0) is 25.0 Å². The number of nitrogens with two attached hydrogens (primary N) is 1. The average Bonchev–Trinajstić information content (AvgIpc) is 2.39. The van der Waals surface area contributed by atoms with E-state index in [9.17, 15) is 0 Å². The van der Waals surface area contributed by atoms with Crippen molar-refractivity contribution in [1.29, 1.82) is 0 Å². The van der Waals surface area contributed by atoms with Crippen LogP contribution in [0.3, 0.4) is 0 Å². The number of hydrogen-bond donors (Lipinski definition) is 3. The van der Waals surface area contributed by atoms with Gasteiger partial charge in [-0.3, -0.25) is 5.10 Å². The van der Waals surface area contributed by atoms with E-state index in [-0.39, 0.29) is 10.7 Å². The lowest BCUT2D eigenvalue weighted by atomic mass is 10.3. The van der Waals surface area contributed by atoms with Crippen molar-refractivity contribution in [3.8, 4) is 0 Å². The van der Waals surface area contributed by atoms with Gasteiger partial charge in [0.1, 0.15) is 10.8 Å². The molecule has 1 aromatic carbocycles. The number of aromatic nitrogens is 3. The zero-order chi connectivity index (χ0) is 13.5. The highest BCUT2D eigenvalue weighted by atomic mass is 32.2. The summed E-state index contributed by atoms with van der Waals surface area (Å²) in [4.78, 5) is 2.69. The molecule has 1 atom stereocenters. The Labute approximate surface area is 120 Å². The van der Waals surface area contributed by atoms with Crippen LogP contribution < -0.4 is 5.84 Å². The Morgan fingerprint density at radius 1 is 1.26 bits per heavy atom. The number of hydrogen-bond acceptors (Lipinski definition) is 2. The van der Waals surface area contributed by atoms with Gasteiger partial charge in [0.2, 0.25) is 0 Å². The van der Waals surface area contributed by atoms with Crippen LogP contribution in [0.4, 0.5) is 0 Å². The fourth-order valence-corrected chi connectivity index (χ4v) is 4.34.